The van der Waals surface area contributed by atoms with Crippen LogP contribution in [0.25, 0.3) is 17.1 Å². The molecule has 0 saturated heterocycles. The molecule has 0 spiro atoms. The molecule has 1 amide bonds. The minimum atomic E-state index is -0.194. The number of carbonyl (C=O) groups is 1. The van der Waals surface area contributed by atoms with Crippen molar-refractivity contribution in [3.05, 3.63) is 101 Å². The summed E-state index contributed by atoms with van der Waals surface area (Å²) in [6, 6.07) is 25.6. The lowest BCUT2D eigenvalue weighted by molar-refractivity contribution is -0.118. The summed E-state index contributed by atoms with van der Waals surface area (Å²) in [4.78, 5) is 17.1. The van der Waals surface area contributed by atoms with Crippen LogP contribution in [0.5, 0.6) is 0 Å². The second-order valence-electron chi connectivity index (χ2n) is 7.44. The molecule has 1 aromatic heterocycles. The molecule has 33 heavy (non-hydrogen) atoms. The Morgan fingerprint density at radius 3 is 2.61 bits per heavy atom. The summed E-state index contributed by atoms with van der Waals surface area (Å²) in [6.07, 6.45) is 3.64. The number of amides is 1. The number of rotatable bonds is 8. The minimum absolute atomic E-state index is 0.194. The number of nitrogens with one attached hydrogen (secondary N) is 1. The molecule has 3 aromatic carbocycles. The van der Waals surface area contributed by atoms with Crippen LogP contribution in [0.3, 0.4) is 0 Å². The first-order chi connectivity index (χ1) is 16.1. The lowest BCUT2D eigenvalue weighted by Crippen LogP contribution is -2.20. The third-order valence-electron chi connectivity index (χ3n) is 4.89. The fourth-order valence-corrected chi connectivity index (χ4v) is 4.33. The summed E-state index contributed by atoms with van der Waals surface area (Å²) in [5.74, 6) is 0.00470. The zero-order valence-electron chi connectivity index (χ0n) is 18.1. The first kappa shape index (κ1) is 22.8. The second-order valence-corrected chi connectivity index (χ2v) is 8.79. The molecule has 0 bridgehead atoms. The Morgan fingerprint density at radius 1 is 1.06 bits per heavy atom. The summed E-state index contributed by atoms with van der Waals surface area (Å²) in [5, 5.41) is 5.54. The Hall–Kier alpha value is -3.35. The molecule has 0 saturated carbocycles. The van der Waals surface area contributed by atoms with Crippen LogP contribution in [0.15, 0.2) is 94.7 Å². The third kappa shape index (κ3) is 6.12. The van der Waals surface area contributed by atoms with E-state index in [0.29, 0.717) is 11.6 Å². The fourth-order valence-electron chi connectivity index (χ4n) is 3.33. The van der Waals surface area contributed by atoms with Gasteiger partial charge in [0.1, 0.15) is 0 Å². The first-order valence-corrected chi connectivity index (χ1v) is 11.8. The highest BCUT2D eigenvalue weighted by Gasteiger charge is 2.14. The van der Waals surface area contributed by atoms with Crippen molar-refractivity contribution >= 4 is 52.6 Å². The van der Waals surface area contributed by atoms with E-state index in [4.69, 9.17) is 16.6 Å². The quantitative estimate of drug-likeness (QED) is 0.192. The van der Waals surface area contributed by atoms with E-state index in [1.165, 1.54) is 11.8 Å². The Balaban J connectivity index is 1.42. The Bertz CT molecular complexity index is 1310. The highest BCUT2D eigenvalue weighted by Crippen LogP contribution is 2.27. The van der Waals surface area contributed by atoms with Gasteiger partial charge in [0.05, 0.1) is 29.5 Å². The SMILES string of the molecule is C/C(C=NNC(=O)CSc1nc2ccccc2n1Cc1ccccc1Cl)=C\c1ccccc1. The van der Waals surface area contributed by atoms with E-state index in [0.717, 1.165) is 32.9 Å². The average molecular weight is 475 g/mol. The summed E-state index contributed by atoms with van der Waals surface area (Å²) >= 11 is 7.76. The summed E-state index contributed by atoms with van der Waals surface area (Å²) < 4.78 is 2.09. The smallest absolute Gasteiger partial charge is 0.250 e. The van der Waals surface area contributed by atoms with Crippen LogP contribution >= 0.6 is 23.4 Å². The van der Waals surface area contributed by atoms with Crippen LogP contribution in [0.4, 0.5) is 0 Å². The summed E-state index contributed by atoms with van der Waals surface area (Å²) in [7, 11) is 0. The molecule has 1 N–H and O–H groups in total. The van der Waals surface area contributed by atoms with Crippen LogP contribution in [0, 0.1) is 0 Å². The van der Waals surface area contributed by atoms with E-state index in [9.17, 15) is 4.79 Å². The number of thioether (sulfide) groups is 1. The molecule has 0 radical (unpaired) electrons. The minimum Gasteiger partial charge on any atom is -0.314 e. The standard InChI is InChI=1S/C26H23ClN4OS/c1-19(15-20-9-3-2-4-10-20)16-28-30-25(32)18-33-26-29-23-13-7-8-14-24(23)31(26)17-21-11-5-6-12-22(21)27/h2-16H,17-18H2,1H3,(H,30,32)/b19-15+,28-16?. The molecule has 166 valence electrons. The number of imidazole rings is 1. The number of hydrogen-bond donors (Lipinski definition) is 1. The summed E-state index contributed by atoms with van der Waals surface area (Å²) in [6.45, 7) is 2.51. The zero-order chi connectivity index (χ0) is 23.0. The molecule has 4 aromatic rings. The van der Waals surface area contributed by atoms with Gasteiger partial charge in [0.2, 0.25) is 0 Å². The van der Waals surface area contributed by atoms with Crippen molar-refractivity contribution in [1.29, 1.82) is 0 Å². The largest absolute Gasteiger partial charge is 0.314 e. The number of benzene rings is 3. The van der Waals surface area contributed by atoms with E-state index in [1.807, 2.05) is 91.9 Å². The Labute approximate surface area is 202 Å². The van der Waals surface area contributed by atoms with Gasteiger partial charge in [-0.2, -0.15) is 5.10 Å². The van der Waals surface area contributed by atoms with Crippen LogP contribution in [-0.2, 0) is 11.3 Å². The van der Waals surface area contributed by atoms with Crippen LogP contribution in [0.1, 0.15) is 18.1 Å². The normalized spacial score (nSPS) is 11.9. The predicted molar refractivity (Wildman–Crippen MR) is 138 cm³/mol. The van der Waals surface area contributed by atoms with Gasteiger partial charge in [-0.15, -0.1) is 0 Å². The maximum atomic E-state index is 12.4. The zero-order valence-corrected chi connectivity index (χ0v) is 19.7. The van der Waals surface area contributed by atoms with E-state index >= 15 is 0 Å². The third-order valence-corrected chi connectivity index (χ3v) is 6.23. The maximum absolute atomic E-state index is 12.4. The van der Waals surface area contributed by atoms with Crippen molar-refractivity contribution in [3.63, 3.8) is 0 Å². The second kappa shape index (κ2) is 11.0. The van der Waals surface area contributed by atoms with Crippen molar-refractivity contribution in [2.75, 3.05) is 5.75 Å². The molecule has 1 heterocycles. The fraction of sp³-hybridized carbons (Fsp3) is 0.115. The topological polar surface area (TPSA) is 59.3 Å². The highest BCUT2D eigenvalue weighted by atomic mass is 35.5. The number of carbonyl (C=O) groups excluding carboxylic acids is 1. The Morgan fingerprint density at radius 2 is 1.79 bits per heavy atom. The molecule has 0 aliphatic carbocycles. The molecule has 5 nitrogen and oxygen atoms in total. The predicted octanol–water partition coefficient (Wildman–Crippen LogP) is 6.04. The van der Waals surface area contributed by atoms with Crippen LogP contribution in [-0.4, -0.2) is 27.4 Å². The number of aromatic nitrogens is 2. The number of para-hydroxylation sites is 2. The average Bonchev–Trinajstić information content (AvgIpc) is 3.17. The van der Waals surface area contributed by atoms with Gasteiger partial charge in [0.15, 0.2) is 5.16 Å². The van der Waals surface area contributed by atoms with Gasteiger partial charge in [0, 0.05) is 5.02 Å². The van der Waals surface area contributed by atoms with Crippen molar-refractivity contribution in [3.8, 4) is 0 Å². The van der Waals surface area contributed by atoms with Gasteiger partial charge in [0.25, 0.3) is 5.91 Å². The Kier molecular flexibility index (Phi) is 7.60. The number of nitrogens with zero attached hydrogens (tertiary/aromatic N) is 3. The highest BCUT2D eigenvalue weighted by molar-refractivity contribution is 7.99. The number of allylic oxidation sites excluding steroid dienone is 1. The molecular weight excluding hydrogens is 452 g/mol. The molecule has 7 heteroatoms. The van der Waals surface area contributed by atoms with Gasteiger partial charge in [-0.1, -0.05) is 90.1 Å². The lowest BCUT2D eigenvalue weighted by atomic mass is 10.1. The number of fused-ring (bicyclic) bond motifs is 1. The number of hydrogen-bond acceptors (Lipinski definition) is 4. The van der Waals surface area contributed by atoms with E-state index in [1.54, 1.807) is 6.21 Å². The molecule has 0 fully saturated rings. The van der Waals surface area contributed by atoms with Crippen molar-refractivity contribution < 1.29 is 4.79 Å². The van der Waals surface area contributed by atoms with Gasteiger partial charge in [-0.3, -0.25) is 4.79 Å². The van der Waals surface area contributed by atoms with Crippen molar-refractivity contribution in [1.82, 2.24) is 15.0 Å². The van der Waals surface area contributed by atoms with Crippen molar-refractivity contribution in [2.45, 2.75) is 18.6 Å². The van der Waals surface area contributed by atoms with E-state index in [-0.39, 0.29) is 11.7 Å². The van der Waals surface area contributed by atoms with Gasteiger partial charge in [-0.25, -0.2) is 10.4 Å². The van der Waals surface area contributed by atoms with Gasteiger partial charge >= 0.3 is 0 Å². The number of halogens is 1. The molecule has 0 aliphatic rings. The molecular formula is C26H23ClN4OS. The van der Waals surface area contributed by atoms with Gasteiger partial charge in [-0.05, 0) is 41.8 Å². The summed E-state index contributed by atoms with van der Waals surface area (Å²) in [5.41, 5.74) is 7.50. The first-order valence-electron chi connectivity index (χ1n) is 10.5. The maximum Gasteiger partial charge on any atom is 0.250 e. The monoisotopic (exact) mass is 474 g/mol. The molecule has 4 rings (SSSR count). The molecule has 0 aliphatic heterocycles. The lowest BCUT2D eigenvalue weighted by Gasteiger charge is -2.10. The van der Waals surface area contributed by atoms with Crippen molar-refractivity contribution in [2.24, 2.45) is 5.10 Å². The van der Waals surface area contributed by atoms with E-state index < -0.39 is 0 Å². The van der Waals surface area contributed by atoms with E-state index in [2.05, 4.69) is 15.1 Å². The van der Waals surface area contributed by atoms with Crippen LogP contribution in [0.2, 0.25) is 5.02 Å². The molecule has 0 atom stereocenters. The van der Waals surface area contributed by atoms with Crippen LogP contribution < -0.4 is 5.43 Å². The van der Waals surface area contributed by atoms with Gasteiger partial charge < -0.3 is 4.57 Å². The molecule has 0 unspecified atom stereocenters. The number of hydrazone groups is 1.